The molecule has 1 aliphatic rings. The van der Waals surface area contributed by atoms with Crippen LogP contribution in [0, 0.1) is 11.6 Å². The second-order valence-electron chi connectivity index (χ2n) is 7.08. The molecule has 0 aliphatic carbocycles. The lowest BCUT2D eigenvalue weighted by atomic mass is 9.95. The summed E-state index contributed by atoms with van der Waals surface area (Å²) in [6.07, 6.45) is 0. The molecule has 1 unspecified atom stereocenters. The smallest absolute Gasteiger partial charge is 0.295 e. The summed E-state index contributed by atoms with van der Waals surface area (Å²) in [6, 6.07) is 9.64. The molecule has 7 heteroatoms. The predicted molar refractivity (Wildman–Crippen MR) is 110 cm³/mol. The van der Waals surface area contributed by atoms with Gasteiger partial charge in [-0.3, -0.25) is 9.59 Å². The van der Waals surface area contributed by atoms with Gasteiger partial charge in [-0.2, -0.15) is 0 Å². The molecule has 1 heterocycles. The fourth-order valence-corrected chi connectivity index (χ4v) is 3.65. The molecule has 1 fully saturated rings. The molecule has 2 aromatic rings. The summed E-state index contributed by atoms with van der Waals surface area (Å²) in [7, 11) is 0. The van der Waals surface area contributed by atoms with Gasteiger partial charge in [0, 0.05) is 18.7 Å². The number of amides is 1. The minimum absolute atomic E-state index is 0.0854. The van der Waals surface area contributed by atoms with Gasteiger partial charge in [-0.25, -0.2) is 8.78 Å². The van der Waals surface area contributed by atoms with E-state index in [1.807, 2.05) is 13.8 Å². The van der Waals surface area contributed by atoms with Crippen molar-refractivity contribution in [2.75, 3.05) is 26.2 Å². The molecular weight excluding hydrogens is 390 g/mol. The van der Waals surface area contributed by atoms with E-state index in [-0.39, 0.29) is 23.4 Å². The normalized spacial score (nSPS) is 18.4. The first-order valence-corrected chi connectivity index (χ1v) is 9.89. The van der Waals surface area contributed by atoms with Gasteiger partial charge in [0.05, 0.1) is 11.6 Å². The maximum Gasteiger partial charge on any atom is 0.295 e. The van der Waals surface area contributed by atoms with Crippen LogP contribution in [0.1, 0.15) is 31.0 Å². The number of likely N-dealkylation sites (tertiary alicyclic amines) is 1. The first-order valence-electron chi connectivity index (χ1n) is 9.89. The molecule has 1 aliphatic heterocycles. The largest absolute Gasteiger partial charge is 0.507 e. The van der Waals surface area contributed by atoms with E-state index < -0.39 is 29.4 Å². The molecule has 1 saturated heterocycles. The fourth-order valence-electron chi connectivity index (χ4n) is 3.65. The minimum atomic E-state index is -0.855. The number of hydrogen-bond donors (Lipinski definition) is 1. The number of halogens is 2. The van der Waals surface area contributed by atoms with Crippen molar-refractivity contribution in [2.24, 2.45) is 0 Å². The van der Waals surface area contributed by atoms with E-state index in [2.05, 4.69) is 4.90 Å². The van der Waals surface area contributed by atoms with E-state index in [4.69, 9.17) is 0 Å². The van der Waals surface area contributed by atoms with Gasteiger partial charge in [-0.1, -0.05) is 26.0 Å². The Morgan fingerprint density at radius 3 is 2.03 bits per heavy atom. The van der Waals surface area contributed by atoms with E-state index in [1.54, 1.807) is 0 Å². The zero-order valence-electron chi connectivity index (χ0n) is 16.9. The van der Waals surface area contributed by atoms with Crippen molar-refractivity contribution in [3.05, 3.63) is 76.9 Å². The Kier molecular flexibility index (Phi) is 6.62. The van der Waals surface area contributed by atoms with Gasteiger partial charge in [0.2, 0.25) is 0 Å². The number of Topliss-reactive ketones (excluding diaryl/α,β-unsaturated/α-hetero) is 1. The van der Waals surface area contributed by atoms with Gasteiger partial charge in [-0.15, -0.1) is 0 Å². The van der Waals surface area contributed by atoms with Crippen LogP contribution in [0.15, 0.2) is 54.1 Å². The van der Waals surface area contributed by atoms with Crippen molar-refractivity contribution in [1.82, 2.24) is 9.80 Å². The lowest BCUT2D eigenvalue weighted by Gasteiger charge is -2.28. The first kappa shape index (κ1) is 21.6. The number of nitrogens with zero attached hydrogens (tertiary/aromatic N) is 2. The average Bonchev–Trinajstić information content (AvgIpc) is 3.00. The molecule has 2 aromatic carbocycles. The topological polar surface area (TPSA) is 60.9 Å². The van der Waals surface area contributed by atoms with E-state index in [9.17, 15) is 23.5 Å². The molecule has 0 saturated carbocycles. The van der Waals surface area contributed by atoms with Gasteiger partial charge in [0.25, 0.3) is 11.7 Å². The number of carbonyl (C=O) groups is 2. The van der Waals surface area contributed by atoms with E-state index >= 15 is 0 Å². The highest BCUT2D eigenvalue weighted by atomic mass is 19.1. The molecular formula is C23H24F2N2O3. The summed E-state index contributed by atoms with van der Waals surface area (Å²) >= 11 is 0. The van der Waals surface area contributed by atoms with Crippen LogP contribution in [-0.2, 0) is 9.59 Å². The van der Waals surface area contributed by atoms with Crippen molar-refractivity contribution >= 4 is 17.4 Å². The Morgan fingerprint density at radius 2 is 1.50 bits per heavy atom. The number of hydrogen-bond acceptors (Lipinski definition) is 4. The molecule has 1 atom stereocenters. The zero-order valence-corrected chi connectivity index (χ0v) is 16.9. The second-order valence-corrected chi connectivity index (χ2v) is 7.08. The van der Waals surface area contributed by atoms with Gasteiger partial charge in [-0.05, 0) is 55.1 Å². The van der Waals surface area contributed by atoms with Gasteiger partial charge in [0.1, 0.15) is 17.4 Å². The molecule has 0 aromatic heterocycles. The monoisotopic (exact) mass is 414 g/mol. The van der Waals surface area contributed by atoms with Crippen molar-refractivity contribution in [1.29, 1.82) is 0 Å². The molecule has 5 nitrogen and oxygen atoms in total. The third kappa shape index (κ3) is 4.26. The van der Waals surface area contributed by atoms with Crippen LogP contribution in [0.4, 0.5) is 8.78 Å². The standard InChI is InChI=1S/C23H24F2N2O3/c1-3-26(4-2)13-14-27-20(15-5-9-17(24)10-6-15)19(22(29)23(27)30)21(28)16-7-11-18(25)12-8-16/h5-12,20,28H,3-4,13-14H2,1-2H3. The SMILES string of the molecule is CCN(CC)CCN1C(=O)C(=O)C(=C(O)c2ccc(F)cc2)C1c1ccc(F)cc1. The minimum Gasteiger partial charge on any atom is -0.507 e. The van der Waals surface area contributed by atoms with Crippen molar-refractivity contribution in [3.8, 4) is 0 Å². The summed E-state index contributed by atoms with van der Waals surface area (Å²) in [5, 5.41) is 10.8. The highest BCUT2D eigenvalue weighted by molar-refractivity contribution is 6.46. The highest BCUT2D eigenvalue weighted by Gasteiger charge is 2.45. The Hall–Kier alpha value is -3.06. The lowest BCUT2D eigenvalue weighted by Crippen LogP contribution is -2.38. The molecule has 0 spiro atoms. The molecule has 158 valence electrons. The van der Waals surface area contributed by atoms with Crippen LogP contribution in [0.25, 0.3) is 5.76 Å². The summed E-state index contributed by atoms with van der Waals surface area (Å²) in [6.45, 7) is 6.41. The summed E-state index contributed by atoms with van der Waals surface area (Å²) in [5.41, 5.74) is 0.654. The quantitative estimate of drug-likeness (QED) is 0.426. The maximum absolute atomic E-state index is 13.5. The maximum atomic E-state index is 13.5. The Labute approximate surface area is 174 Å². The average molecular weight is 414 g/mol. The Balaban J connectivity index is 2.08. The van der Waals surface area contributed by atoms with Crippen LogP contribution in [0.3, 0.4) is 0 Å². The number of ketones is 1. The van der Waals surface area contributed by atoms with Gasteiger partial charge < -0.3 is 14.9 Å². The van der Waals surface area contributed by atoms with Gasteiger partial charge >= 0.3 is 0 Å². The van der Waals surface area contributed by atoms with Crippen LogP contribution in [0.2, 0.25) is 0 Å². The fraction of sp³-hybridized carbons (Fsp3) is 0.304. The summed E-state index contributed by atoms with van der Waals surface area (Å²) < 4.78 is 26.8. The molecule has 1 amide bonds. The van der Waals surface area contributed by atoms with Crippen molar-refractivity contribution in [2.45, 2.75) is 19.9 Å². The van der Waals surface area contributed by atoms with Crippen LogP contribution in [0.5, 0.6) is 0 Å². The number of aliphatic hydroxyl groups is 1. The molecule has 30 heavy (non-hydrogen) atoms. The van der Waals surface area contributed by atoms with E-state index in [1.165, 1.54) is 53.4 Å². The number of benzene rings is 2. The van der Waals surface area contributed by atoms with Crippen LogP contribution < -0.4 is 0 Å². The molecule has 3 rings (SSSR count). The highest BCUT2D eigenvalue weighted by Crippen LogP contribution is 2.39. The van der Waals surface area contributed by atoms with Crippen molar-refractivity contribution in [3.63, 3.8) is 0 Å². The summed E-state index contributed by atoms with van der Waals surface area (Å²) in [4.78, 5) is 29.2. The number of rotatable bonds is 7. The molecule has 0 radical (unpaired) electrons. The third-order valence-electron chi connectivity index (χ3n) is 5.39. The summed E-state index contributed by atoms with van der Waals surface area (Å²) in [5.74, 6) is -2.85. The first-order chi connectivity index (χ1) is 14.4. The van der Waals surface area contributed by atoms with Crippen LogP contribution in [-0.4, -0.2) is 52.8 Å². The Morgan fingerprint density at radius 1 is 0.967 bits per heavy atom. The van der Waals surface area contributed by atoms with E-state index in [0.717, 1.165) is 13.1 Å². The zero-order chi connectivity index (χ0) is 21.8. The predicted octanol–water partition coefficient (Wildman–Crippen LogP) is 3.73. The second kappa shape index (κ2) is 9.17. The molecule has 1 N–H and O–H groups in total. The number of aliphatic hydroxyl groups excluding tert-OH is 1. The number of likely N-dealkylation sites (N-methyl/N-ethyl adjacent to an activating group) is 1. The third-order valence-corrected chi connectivity index (χ3v) is 5.39. The van der Waals surface area contributed by atoms with Gasteiger partial charge in [0.15, 0.2) is 0 Å². The lowest BCUT2D eigenvalue weighted by molar-refractivity contribution is -0.140. The van der Waals surface area contributed by atoms with E-state index in [0.29, 0.717) is 12.1 Å². The van der Waals surface area contributed by atoms with Crippen LogP contribution >= 0.6 is 0 Å². The Bertz CT molecular complexity index is 951. The molecule has 0 bridgehead atoms. The van der Waals surface area contributed by atoms with Crippen molar-refractivity contribution < 1.29 is 23.5 Å². The number of carbonyl (C=O) groups excluding carboxylic acids is 2.